The van der Waals surface area contributed by atoms with Gasteiger partial charge in [0.25, 0.3) is 0 Å². The van der Waals surface area contributed by atoms with E-state index in [-0.39, 0.29) is 22.9 Å². The van der Waals surface area contributed by atoms with Crippen LogP contribution in [0.4, 0.5) is 0 Å². The molecule has 2 amide bonds. The zero-order valence-corrected chi connectivity index (χ0v) is 19.2. The number of nitrogens with one attached hydrogen (secondary N) is 2. The third kappa shape index (κ3) is 4.05. The minimum Gasteiger partial charge on any atom is -0.390 e. The Bertz CT molecular complexity index is 1100. The summed E-state index contributed by atoms with van der Waals surface area (Å²) in [6, 6.07) is 14.8. The number of fused-ring (bicyclic) bond motifs is 1. The minimum atomic E-state index is -0.575. The zero-order valence-electron chi connectivity index (χ0n) is 19.2. The molecular weight excluding hydrogens is 412 g/mol. The number of rotatable bonds is 6. The first kappa shape index (κ1) is 21.2. The molecule has 5 aliphatic rings. The third-order valence-corrected chi connectivity index (χ3v) is 8.86. The molecule has 5 heteroatoms. The van der Waals surface area contributed by atoms with Gasteiger partial charge in [0.15, 0.2) is 0 Å². The molecule has 33 heavy (non-hydrogen) atoms. The molecule has 3 unspecified atom stereocenters. The number of carbonyl (C=O) groups excluding carboxylic acids is 2. The molecule has 5 nitrogen and oxygen atoms in total. The predicted octanol–water partition coefficient (Wildman–Crippen LogP) is 4.01. The first-order chi connectivity index (χ1) is 15.8. The van der Waals surface area contributed by atoms with Gasteiger partial charge < -0.3 is 15.7 Å². The number of carbonyl (C=O) groups is 2. The van der Waals surface area contributed by atoms with E-state index in [1.165, 1.54) is 22.8 Å². The van der Waals surface area contributed by atoms with E-state index < -0.39 is 5.60 Å². The highest BCUT2D eigenvalue weighted by Gasteiger charge is 2.57. The lowest BCUT2D eigenvalue weighted by Gasteiger charge is -2.60. The molecule has 2 aromatic rings. The second-order valence-corrected chi connectivity index (χ2v) is 11.7. The largest absolute Gasteiger partial charge is 0.390 e. The van der Waals surface area contributed by atoms with Crippen LogP contribution in [0.3, 0.4) is 0 Å². The van der Waals surface area contributed by atoms with Crippen LogP contribution in [0, 0.1) is 11.8 Å². The van der Waals surface area contributed by atoms with Gasteiger partial charge in [0.1, 0.15) is 0 Å². The lowest BCUT2D eigenvalue weighted by Crippen LogP contribution is -2.65. The molecule has 1 aliphatic heterocycles. The zero-order chi connectivity index (χ0) is 22.7. The normalized spacial score (nSPS) is 36.8. The Hall–Kier alpha value is -2.40. The van der Waals surface area contributed by atoms with Crippen LogP contribution in [0.5, 0.6) is 0 Å². The average molecular weight is 447 g/mol. The molecule has 2 aromatic carbocycles. The maximum atomic E-state index is 13.1. The van der Waals surface area contributed by atoms with Crippen LogP contribution in [-0.2, 0) is 16.0 Å². The van der Waals surface area contributed by atoms with Gasteiger partial charge in [0.05, 0.1) is 5.60 Å². The third-order valence-electron chi connectivity index (χ3n) is 8.86. The first-order valence-corrected chi connectivity index (χ1v) is 12.6. The quantitative estimate of drug-likeness (QED) is 0.627. The van der Waals surface area contributed by atoms with Crippen molar-refractivity contribution in [3.05, 3.63) is 48.0 Å². The molecule has 0 spiro atoms. The van der Waals surface area contributed by atoms with Crippen LogP contribution in [-0.4, -0.2) is 33.6 Å². The van der Waals surface area contributed by atoms with Crippen LogP contribution in [0.25, 0.3) is 10.8 Å². The maximum absolute atomic E-state index is 13.1. The molecule has 174 valence electrons. The lowest BCUT2D eigenvalue weighted by atomic mass is 9.51. The number of hydrogen-bond donors (Lipinski definition) is 3. The standard InChI is InChI=1S/C28H34N2O3/c31-24-7-9-26(29-24,13-19-5-6-22-3-1-2-4-23(22)12-19)10-8-25(32)30-27-14-20-11-21(15-27)17-28(33,16-20)18-27/h1-6,12,20-21,33H,7-11,13-18H2,(H,29,31)(H,30,32). The van der Waals surface area contributed by atoms with Crippen molar-refractivity contribution in [3.63, 3.8) is 0 Å². The highest BCUT2D eigenvalue weighted by atomic mass is 16.3. The van der Waals surface area contributed by atoms with Crippen LogP contribution in [0.15, 0.2) is 42.5 Å². The summed E-state index contributed by atoms with van der Waals surface area (Å²) >= 11 is 0. The molecular formula is C28H34N2O3. The second kappa shape index (κ2) is 7.56. The summed E-state index contributed by atoms with van der Waals surface area (Å²) in [4.78, 5) is 25.3. The topological polar surface area (TPSA) is 78.4 Å². The van der Waals surface area contributed by atoms with E-state index in [9.17, 15) is 14.7 Å². The monoisotopic (exact) mass is 446 g/mol. The molecule has 4 aliphatic carbocycles. The van der Waals surface area contributed by atoms with E-state index >= 15 is 0 Å². The van der Waals surface area contributed by atoms with E-state index in [0.29, 0.717) is 37.5 Å². The minimum absolute atomic E-state index is 0.0691. The molecule has 0 radical (unpaired) electrons. The van der Waals surface area contributed by atoms with Crippen molar-refractivity contribution in [1.29, 1.82) is 0 Å². The van der Waals surface area contributed by atoms with E-state index in [2.05, 4.69) is 41.0 Å². The summed E-state index contributed by atoms with van der Waals surface area (Å²) < 4.78 is 0. The fourth-order valence-electron chi connectivity index (χ4n) is 7.99. The average Bonchev–Trinajstić information content (AvgIpc) is 3.11. The van der Waals surface area contributed by atoms with Crippen molar-refractivity contribution in [1.82, 2.24) is 10.6 Å². The van der Waals surface area contributed by atoms with Gasteiger partial charge in [-0.1, -0.05) is 42.5 Å². The number of hydrogen-bond acceptors (Lipinski definition) is 3. The fraction of sp³-hybridized carbons (Fsp3) is 0.571. The molecule has 1 heterocycles. The van der Waals surface area contributed by atoms with E-state index in [0.717, 1.165) is 38.5 Å². The predicted molar refractivity (Wildman–Crippen MR) is 127 cm³/mol. The van der Waals surface area contributed by atoms with Crippen molar-refractivity contribution in [2.75, 3.05) is 0 Å². The van der Waals surface area contributed by atoms with Gasteiger partial charge in [-0.15, -0.1) is 0 Å². The van der Waals surface area contributed by atoms with Gasteiger partial charge in [-0.2, -0.15) is 0 Å². The van der Waals surface area contributed by atoms with Crippen molar-refractivity contribution in [2.24, 2.45) is 11.8 Å². The molecule has 0 aromatic heterocycles. The Morgan fingerprint density at radius 3 is 2.52 bits per heavy atom. The Kier molecular flexibility index (Phi) is 4.84. The molecule has 1 saturated heterocycles. The van der Waals surface area contributed by atoms with Crippen molar-refractivity contribution >= 4 is 22.6 Å². The highest BCUT2D eigenvalue weighted by Crippen LogP contribution is 2.57. The van der Waals surface area contributed by atoms with Crippen LogP contribution in [0.1, 0.15) is 69.8 Å². The summed E-state index contributed by atoms with van der Waals surface area (Å²) in [5.41, 5.74) is 0.0324. The van der Waals surface area contributed by atoms with E-state index in [4.69, 9.17) is 0 Å². The molecule has 5 fully saturated rings. The van der Waals surface area contributed by atoms with E-state index in [1.54, 1.807) is 0 Å². The Morgan fingerprint density at radius 1 is 1.06 bits per heavy atom. The maximum Gasteiger partial charge on any atom is 0.220 e. The van der Waals surface area contributed by atoms with Gasteiger partial charge in [0.2, 0.25) is 11.8 Å². The molecule has 3 atom stereocenters. The molecule has 3 N–H and O–H groups in total. The van der Waals surface area contributed by atoms with Gasteiger partial charge in [0, 0.05) is 23.9 Å². The van der Waals surface area contributed by atoms with Crippen molar-refractivity contribution < 1.29 is 14.7 Å². The van der Waals surface area contributed by atoms with Crippen LogP contribution < -0.4 is 10.6 Å². The summed E-state index contributed by atoms with van der Waals surface area (Å²) in [5, 5.41) is 20.0. The van der Waals surface area contributed by atoms with Crippen molar-refractivity contribution in [3.8, 4) is 0 Å². The highest BCUT2D eigenvalue weighted by molar-refractivity contribution is 5.83. The smallest absolute Gasteiger partial charge is 0.220 e. The van der Waals surface area contributed by atoms with E-state index in [1.807, 2.05) is 12.1 Å². The summed E-state index contributed by atoms with van der Waals surface area (Å²) in [5.74, 6) is 1.24. The molecule has 7 rings (SSSR count). The number of amides is 2. The molecule has 4 bridgehead atoms. The second-order valence-electron chi connectivity index (χ2n) is 11.7. The number of aliphatic hydroxyl groups is 1. The Morgan fingerprint density at radius 2 is 1.82 bits per heavy atom. The van der Waals surface area contributed by atoms with Gasteiger partial charge >= 0.3 is 0 Å². The fourth-order valence-corrected chi connectivity index (χ4v) is 7.99. The first-order valence-electron chi connectivity index (χ1n) is 12.6. The summed E-state index contributed by atoms with van der Waals surface area (Å²) in [6.07, 6.45) is 8.83. The van der Waals surface area contributed by atoms with Crippen LogP contribution in [0.2, 0.25) is 0 Å². The number of benzene rings is 2. The van der Waals surface area contributed by atoms with Crippen LogP contribution >= 0.6 is 0 Å². The summed E-state index contributed by atoms with van der Waals surface area (Å²) in [7, 11) is 0. The van der Waals surface area contributed by atoms with Gasteiger partial charge in [-0.05, 0) is 86.0 Å². The Balaban J connectivity index is 1.15. The SMILES string of the molecule is O=C1CCC(CCC(=O)NC23CC4CC(CC(O)(C4)C2)C3)(Cc2ccc3ccccc3c2)N1. The molecule has 4 saturated carbocycles. The Labute approximate surface area is 195 Å². The summed E-state index contributed by atoms with van der Waals surface area (Å²) in [6.45, 7) is 0. The lowest BCUT2D eigenvalue weighted by molar-refractivity contribution is -0.151. The van der Waals surface area contributed by atoms with Crippen molar-refractivity contribution in [2.45, 2.75) is 87.3 Å². The van der Waals surface area contributed by atoms with Gasteiger partial charge in [-0.25, -0.2) is 0 Å². The van der Waals surface area contributed by atoms with Gasteiger partial charge in [-0.3, -0.25) is 9.59 Å².